The van der Waals surface area contributed by atoms with E-state index >= 15 is 0 Å². The second-order valence-corrected chi connectivity index (χ2v) is 3.68. The van der Waals surface area contributed by atoms with Crippen molar-refractivity contribution in [3.63, 3.8) is 0 Å². The zero-order chi connectivity index (χ0) is 13.7. The lowest BCUT2D eigenvalue weighted by Gasteiger charge is -2.07. The Balaban J connectivity index is 3.02. The number of para-hydroxylation sites is 1. The molecule has 6 heteroatoms. The normalized spacial score (nSPS) is 13.1. The monoisotopic (exact) mass is 251 g/mol. The van der Waals surface area contributed by atoms with Gasteiger partial charge in [0.25, 0.3) is 0 Å². The van der Waals surface area contributed by atoms with Crippen molar-refractivity contribution in [3.05, 3.63) is 35.4 Å². The van der Waals surface area contributed by atoms with E-state index in [0.29, 0.717) is 5.56 Å². The summed E-state index contributed by atoms with van der Waals surface area (Å²) in [5.41, 5.74) is 5.40. The lowest BCUT2D eigenvalue weighted by molar-refractivity contribution is -0.138. The Labute approximate surface area is 103 Å². The number of carboxylic acid groups (broad SMARTS) is 2. The Kier molecular flexibility index (Phi) is 4.45. The molecule has 0 aliphatic rings. The fraction of sp³-hybridized carbons (Fsp3) is 0.167. The number of benzene rings is 1. The van der Waals surface area contributed by atoms with E-state index in [2.05, 4.69) is 0 Å². The van der Waals surface area contributed by atoms with Crippen LogP contribution in [0.15, 0.2) is 29.8 Å². The van der Waals surface area contributed by atoms with Gasteiger partial charge in [0, 0.05) is 17.6 Å². The van der Waals surface area contributed by atoms with E-state index in [9.17, 15) is 14.7 Å². The van der Waals surface area contributed by atoms with E-state index in [1.807, 2.05) is 0 Å². The minimum Gasteiger partial charge on any atom is -0.507 e. The van der Waals surface area contributed by atoms with Gasteiger partial charge < -0.3 is 21.1 Å². The summed E-state index contributed by atoms with van der Waals surface area (Å²) in [6.45, 7) is 0. The number of phenolic OH excluding ortho intramolecular Hbond substituents is 1. The second-order valence-electron chi connectivity index (χ2n) is 3.68. The van der Waals surface area contributed by atoms with Crippen molar-refractivity contribution >= 4 is 18.0 Å². The predicted molar refractivity (Wildman–Crippen MR) is 63.9 cm³/mol. The lowest BCUT2D eigenvalue weighted by atomic mass is 10.0. The summed E-state index contributed by atoms with van der Waals surface area (Å²) >= 11 is 0. The van der Waals surface area contributed by atoms with Crippen molar-refractivity contribution in [1.82, 2.24) is 0 Å². The molecule has 0 amide bonds. The van der Waals surface area contributed by atoms with E-state index in [-0.39, 0.29) is 17.7 Å². The van der Waals surface area contributed by atoms with Gasteiger partial charge in [0.15, 0.2) is 0 Å². The maximum Gasteiger partial charge on any atom is 0.331 e. The van der Waals surface area contributed by atoms with E-state index in [1.54, 1.807) is 12.1 Å². The Morgan fingerprint density at radius 3 is 2.39 bits per heavy atom. The predicted octanol–water partition coefficient (Wildman–Crippen LogP) is 0.662. The fourth-order valence-corrected chi connectivity index (χ4v) is 1.33. The van der Waals surface area contributed by atoms with Crippen molar-refractivity contribution in [1.29, 1.82) is 0 Å². The SMILES string of the molecule is NC(C/C(=C\c1ccccc1O)C(=O)O)C(=O)O. The van der Waals surface area contributed by atoms with Gasteiger partial charge in [0.1, 0.15) is 11.8 Å². The molecule has 96 valence electrons. The zero-order valence-corrected chi connectivity index (χ0v) is 9.41. The highest BCUT2D eigenvalue weighted by Crippen LogP contribution is 2.20. The number of aromatic hydroxyl groups is 1. The molecular formula is C12H13NO5. The van der Waals surface area contributed by atoms with Gasteiger partial charge in [-0.1, -0.05) is 18.2 Å². The van der Waals surface area contributed by atoms with Crippen LogP contribution in [0.2, 0.25) is 0 Å². The number of rotatable bonds is 5. The summed E-state index contributed by atoms with van der Waals surface area (Å²) in [4.78, 5) is 21.6. The van der Waals surface area contributed by atoms with Crippen LogP contribution in [0.3, 0.4) is 0 Å². The van der Waals surface area contributed by atoms with Crippen LogP contribution in [-0.4, -0.2) is 33.3 Å². The number of aliphatic carboxylic acids is 2. The van der Waals surface area contributed by atoms with Gasteiger partial charge in [-0.15, -0.1) is 0 Å². The third-order valence-electron chi connectivity index (χ3n) is 2.30. The second kappa shape index (κ2) is 5.83. The fourth-order valence-electron chi connectivity index (χ4n) is 1.33. The van der Waals surface area contributed by atoms with Crippen molar-refractivity contribution in [2.45, 2.75) is 12.5 Å². The highest BCUT2D eigenvalue weighted by Gasteiger charge is 2.18. The molecule has 0 spiro atoms. The number of phenols is 1. The van der Waals surface area contributed by atoms with Crippen LogP contribution >= 0.6 is 0 Å². The molecule has 1 aromatic carbocycles. The standard InChI is InChI=1S/C12H13NO5/c13-9(12(17)18)6-8(11(15)16)5-7-3-1-2-4-10(7)14/h1-5,9,14H,6,13H2,(H,15,16)(H,17,18)/b8-5+. The first kappa shape index (κ1) is 13.7. The molecule has 6 nitrogen and oxygen atoms in total. The average molecular weight is 251 g/mol. The molecule has 1 aromatic rings. The average Bonchev–Trinajstić information content (AvgIpc) is 2.30. The van der Waals surface area contributed by atoms with Gasteiger partial charge in [0.05, 0.1) is 0 Å². The smallest absolute Gasteiger partial charge is 0.331 e. The zero-order valence-electron chi connectivity index (χ0n) is 9.41. The van der Waals surface area contributed by atoms with Crippen molar-refractivity contribution < 1.29 is 24.9 Å². The quantitative estimate of drug-likeness (QED) is 0.570. The molecule has 0 radical (unpaired) electrons. The number of carboxylic acids is 2. The highest BCUT2D eigenvalue weighted by molar-refractivity contribution is 5.93. The third-order valence-corrected chi connectivity index (χ3v) is 2.30. The first-order valence-electron chi connectivity index (χ1n) is 5.12. The molecule has 5 N–H and O–H groups in total. The molecule has 18 heavy (non-hydrogen) atoms. The van der Waals surface area contributed by atoms with Crippen molar-refractivity contribution in [2.75, 3.05) is 0 Å². The van der Waals surface area contributed by atoms with E-state index in [1.165, 1.54) is 18.2 Å². The molecule has 0 heterocycles. The van der Waals surface area contributed by atoms with Gasteiger partial charge in [-0.3, -0.25) is 4.79 Å². The molecular weight excluding hydrogens is 238 g/mol. The Morgan fingerprint density at radius 2 is 1.89 bits per heavy atom. The van der Waals surface area contributed by atoms with Crippen LogP contribution in [0.25, 0.3) is 6.08 Å². The molecule has 1 atom stereocenters. The van der Waals surface area contributed by atoms with Crippen LogP contribution in [-0.2, 0) is 9.59 Å². The number of hydrogen-bond acceptors (Lipinski definition) is 4. The summed E-state index contributed by atoms with van der Waals surface area (Å²) in [5, 5.41) is 27.1. The summed E-state index contributed by atoms with van der Waals surface area (Å²) in [7, 11) is 0. The summed E-state index contributed by atoms with van der Waals surface area (Å²) in [5.74, 6) is -2.63. The molecule has 0 aromatic heterocycles. The largest absolute Gasteiger partial charge is 0.507 e. The molecule has 0 saturated heterocycles. The van der Waals surface area contributed by atoms with Crippen LogP contribution in [0, 0.1) is 0 Å². The molecule has 0 aliphatic heterocycles. The maximum atomic E-state index is 11.0. The molecule has 0 aliphatic carbocycles. The van der Waals surface area contributed by atoms with Crippen LogP contribution < -0.4 is 5.73 Å². The van der Waals surface area contributed by atoms with Crippen molar-refractivity contribution in [3.8, 4) is 5.75 Å². The van der Waals surface area contributed by atoms with E-state index in [4.69, 9.17) is 15.9 Å². The third kappa shape index (κ3) is 3.60. The molecule has 1 unspecified atom stereocenters. The molecule has 0 saturated carbocycles. The first-order valence-corrected chi connectivity index (χ1v) is 5.12. The van der Waals surface area contributed by atoms with Gasteiger partial charge in [-0.2, -0.15) is 0 Å². The summed E-state index contributed by atoms with van der Waals surface area (Å²) in [6.07, 6.45) is 0.888. The van der Waals surface area contributed by atoms with Crippen LogP contribution in [0.5, 0.6) is 5.75 Å². The molecule has 0 bridgehead atoms. The number of hydrogen-bond donors (Lipinski definition) is 4. The van der Waals surface area contributed by atoms with Gasteiger partial charge >= 0.3 is 11.9 Å². The first-order chi connectivity index (χ1) is 8.41. The van der Waals surface area contributed by atoms with E-state index in [0.717, 1.165) is 0 Å². The summed E-state index contributed by atoms with van der Waals surface area (Å²) in [6, 6.07) is 4.85. The van der Waals surface area contributed by atoms with Crippen LogP contribution in [0.1, 0.15) is 12.0 Å². The summed E-state index contributed by atoms with van der Waals surface area (Å²) < 4.78 is 0. The minimum absolute atomic E-state index is 0.0832. The van der Waals surface area contributed by atoms with Gasteiger partial charge in [-0.25, -0.2) is 4.79 Å². The lowest BCUT2D eigenvalue weighted by Crippen LogP contribution is -2.31. The Bertz CT molecular complexity index is 495. The van der Waals surface area contributed by atoms with Gasteiger partial charge in [-0.05, 0) is 12.1 Å². The number of nitrogens with two attached hydrogens (primary N) is 1. The topological polar surface area (TPSA) is 121 Å². The van der Waals surface area contributed by atoms with Gasteiger partial charge in [0.2, 0.25) is 0 Å². The number of carbonyl (C=O) groups is 2. The Hall–Kier alpha value is -2.34. The minimum atomic E-state index is -1.29. The maximum absolute atomic E-state index is 11.0. The van der Waals surface area contributed by atoms with Crippen LogP contribution in [0.4, 0.5) is 0 Å². The van der Waals surface area contributed by atoms with Crippen molar-refractivity contribution in [2.24, 2.45) is 5.73 Å². The molecule has 1 rings (SSSR count). The Morgan fingerprint density at radius 1 is 1.28 bits per heavy atom. The molecule has 0 fully saturated rings. The van der Waals surface area contributed by atoms with E-state index < -0.39 is 18.0 Å². The highest BCUT2D eigenvalue weighted by atomic mass is 16.4.